The Balaban J connectivity index is 2.13. The smallest absolute Gasteiger partial charge is 0.259 e. The average Bonchev–Trinajstić information content (AvgIpc) is 2.72. The quantitative estimate of drug-likeness (QED) is 0.461. The highest BCUT2D eigenvalue weighted by molar-refractivity contribution is 6.59. The average molecular weight is 389 g/mol. The van der Waals surface area contributed by atoms with Crippen LogP contribution in [0.1, 0.15) is 39.2 Å². The van der Waals surface area contributed by atoms with Gasteiger partial charge in [0.25, 0.3) is 5.91 Å². The number of hydrogen-bond donors (Lipinski definition) is 0. The van der Waals surface area contributed by atoms with E-state index in [1.165, 1.54) is 5.57 Å². The number of hydrogen-bond acceptors (Lipinski definition) is 1. The topological polar surface area (TPSA) is 20.3 Å². The van der Waals surface area contributed by atoms with Gasteiger partial charge >= 0.3 is 0 Å². The molecule has 5 heteroatoms. The molecule has 24 heavy (non-hydrogen) atoms. The Morgan fingerprint density at radius 3 is 2.54 bits per heavy atom. The molecule has 0 radical (unpaired) electrons. The first-order valence-electron chi connectivity index (χ1n) is 8.18. The lowest BCUT2D eigenvalue weighted by Gasteiger charge is -2.33. The Morgan fingerprint density at radius 1 is 1.33 bits per heavy atom. The third-order valence-electron chi connectivity index (χ3n) is 4.54. The van der Waals surface area contributed by atoms with Crippen molar-refractivity contribution in [3.8, 4) is 0 Å². The largest absolute Gasteiger partial charge is 0.335 e. The summed E-state index contributed by atoms with van der Waals surface area (Å²) in [5, 5.41) is 0. The van der Waals surface area contributed by atoms with Crippen LogP contribution in [0.25, 0.3) is 0 Å². The fourth-order valence-electron chi connectivity index (χ4n) is 3.10. The minimum atomic E-state index is -1.48. The summed E-state index contributed by atoms with van der Waals surface area (Å²) in [5.74, 6) is -0.578. The van der Waals surface area contributed by atoms with E-state index in [0.29, 0.717) is 13.1 Å². The second-order valence-electron chi connectivity index (χ2n) is 6.95. The molecule has 1 fully saturated rings. The van der Waals surface area contributed by atoms with Gasteiger partial charge in [-0.2, -0.15) is 0 Å². The van der Waals surface area contributed by atoms with Gasteiger partial charge in [-0.25, -0.2) is 0 Å². The van der Waals surface area contributed by atoms with Crippen molar-refractivity contribution in [1.82, 2.24) is 4.90 Å². The van der Waals surface area contributed by atoms with Crippen LogP contribution >= 0.6 is 34.8 Å². The molecule has 1 saturated heterocycles. The summed E-state index contributed by atoms with van der Waals surface area (Å²) in [5.41, 5.74) is 2.30. The van der Waals surface area contributed by atoms with Gasteiger partial charge in [-0.15, -0.1) is 11.6 Å². The number of carbonyl (C=O) groups excluding carboxylic acids is 1. The van der Waals surface area contributed by atoms with Gasteiger partial charge in [-0.1, -0.05) is 65.2 Å². The van der Waals surface area contributed by atoms with Gasteiger partial charge < -0.3 is 4.90 Å². The molecule has 1 aromatic carbocycles. The second-order valence-corrected chi connectivity index (χ2v) is 9.19. The fraction of sp³-hybridized carbons (Fsp3) is 0.526. The maximum absolute atomic E-state index is 12.7. The third kappa shape index (κ3) is 4.47. The van der Waals surface area contributed by atoms with Crippen molar-refractivity contribution in [2.24, 2.45) is 5.92 Å². The van der Waals surface area contributed by atoms with Crippen LogP contribution in [-0.4, -0.2) is 26.6 Å². The van der Waals surface area contributed by atoms with Crippen LogP contribution in [0.3, 0.4) is 0 Å². The highest BCUT2D eigenvalue weighted by Gasteiger charge is 2.57. The molecule has 2 nitrogen and oxygen atoms in total. The van der Waals surface area contributed by atoms with Gasteiger partial charge in [-0.05, 0) is 39.2 Å². The van der Waals surface area contributed by atoms with E-state index in [0.717, 1.165) is 18.4 Å². The zero-order valence-corrected chi connectivity index (χ0v) is 16.6. The molecule has 132 valence electrons. The second kappa shape index (κ2) is 7.68. The van der Waals surface area contributed by atoms with E-state index in [4.69, 9.17) is 34.8 Å². The Hall–Kier alpha value is -0.700. The summed E-state index contributed by atoms with van der Waals surface area (Å²) in [7, 11) is 0. The Labute approximate surface area is 159 Å². The van der Waals surface area contributed by atoms with Crippen LogP contribution < -0.4 is 0 Å². The summed E-state index contributed by atoms with van der Waals surface area (Å²) in [6.07, 6.45) is 3.71. The van der Waals surface area contributed by atoms with Crippen molar-refractivity contribution in [3.05, 3.63) is 47.5 Å². The molecule has 1 aliphatic rings. The van der Waals surface area contributed by atoms with Crippen LogP contribution in [0.2, 0.25) is 0 Å². The number of allylic oxidation sites excluding steroid dienone is 2. The minimum Gasteiger partial charge on any atom is -0.335 e. The third-order valence-corrected chi connectivity index (χ3v) is 5.84. The molecule has 2 atom stereocenters. The zero-order valence-electron chi connectivity index (χ0n) is 14.4. The molecular weight excluding hydrogens is 365 g/mol. The summed E-state index contributed by atoms with van der Waals surface area (Å²) in [6, 6.07) is 9.82. The standard InChI is InChI=1S/C19H24Cl3NO/c1-14(2)8-7-11-18(3,20)16-13-23(17(24)19(16,21)22)12-15-9-5-4-6-10-15/h4-6,8-10,16H,7,11-13H2,1-3H3/t16-,18-/m0/s1. The molecule has 0 spiro atoms. The summed E-state index contributed by atoms with van der Waals surface area (Å²) in [4.78, 5) is 13.7. The molecule has 0 aromatic heterocycles. The summed E-state index contributed by atoms with van der Waals surface area (Å²) in [6.45, 7) is 7.00. The van der Waals surface area contributed by atoms with Crippen LogP contribution in [-0.2, 0) is 11.3 Å². The molecular formula is C19H24Cl3NO. The molecule has 1 heterocycles. The van der Waals surface area contributed by atoms with E-state index in [-0.39, 0.29) is 11.8 Å². The van der Waals surface area contributed by atoms with Gasteiger partial charge in [0, 0.05) is 19.0 Å². The molecule has 0 bridgehead atoms. The molecule has 0 saturated carbocycles. The van der Waals surface area contributed by atoms with E-state index in [1.54, 1.807) is 4.90 Å². The van der Waals surface area contributed by atoms with Crippen LogP contribution in [0.15, 0.2) is 42.0 Å². The first-order valence-corrected chi connectivity index (χ1v) is 9.31. The molecule has 0 aliphatic carbocycles. The van der Waals surface area contributed by atoms with E-state index >= 15 is 0 Å². The van der Waals surface area contributed by atoms with Crippen LogP contribution in [0.5, 0.6) is 0 Å². The van der Waals surface area contributed by atoms with E-state index in [1.807, 2.05) is 37.3 Å². The number of amides is 1. The number of nitrogens with zero attached hydrogens (tertiary/aromatic N) is 1. The predicted octanol–water partition coefficient (Wildman–Crippen LogP) is 5.56. The zero-order chi connectivity index (χ0) is 18.0. The Kier molecular flexibility index (Phi) is 6.28. The maximum Gasteiger partial charge on any atom is 0.259 e. The SMILES string of the molecule is CC(C)=CCC[C@](C)(Cl)[C@@H]1CN(Cc2ccccc2)C(=O)C1(Cl)Cl. The molecule has 2 rings (SSSR count). The van der Waals surface area contributed by atoms with Crippen LogP contribution in [0.4, 0.5) is 0 Å². The Bertz CT molecular complexity index is 606. The van der Waals surface area contributed by atoms with Gasteiger partial charge in [-0.3, -0.25) is 4.79 Å². The summed E-state index contributed by atoms with van der Waals surface area (Å²) >= 11 is 19.7. The summed E-state index contributed by atoms with van der Waals surface area (Å²) < 4.78 is -1.48. The number of likely N-dealkylation sites (tertiary alicyclic amines) is 1. The lowest BCUT2D eigenvalue weighted by molar-refractivity contribution is -0.128. The normalized spacial score (nSPS) is 22.3. The van der Waals surface area contributed by atoms with Crippen molar-refractivity contribution in [2.45, 2.75) is 49.4 Å². The number of halogens is 3. The molecule has 1 aliphatic heterocycles. The fourth-order valence-corrected chi connectivity index (χ4v) is 4.42. The lowest BCUT2D eigenvalue weighted by Crippen LogP contribution is -2.41. The first-order chi connectivity index (χ1) is 11.1. The van der Waals surface area contributed by atoms with E-state index in [9.17, 15) is 4.79 Å². The predicted molar refractivity (Wildman–Crippen MR) is 103 cm³/mol. The van der Waals surface area contributed by atoms with Crippen molar-refractivity contribution in [1.29, 1.82) is 0 Å². The maximum atomic E-state index is 12.7. The molecule has 0 unspecified atom stereocenters. The van der Waals surface area contributed by atoms with E-state index in [2.05, 4.69) is 19.9 Å². The van der Waals surface area contributed by atoms with Crippen molar-refractivity contribution >= 4 is 40.7 Å². The first kappa shape index (κ1) is 19.6. The van der Waals surface area contributed by atoms with Gasteiger partial charge in [0.1, 0.15) is 0 Å². The van der Waals surface area contributed by atoms with Crippen molar-refractivity contribution in [3.63, 3.8) is 0 Å². The van der Waals surface area contributed by atoms with Gasteiger partial charge in [0.15, 0.2) is 0 Å². The van der Waals surface area contributed by atoms with Crippen molar-refractivity contribution in [2.75, 3.05) is 6.54 Å². The van der Waals surface area contributed by atoms with Gasteiger partial charge in [0.05, 0.1) is 4.87 Å². The number of benzene rings is 1. The highest BCUT2D eigenvalue weighted by atomic mass is 35.5. The molecule has 1 aromatic rings. The molecule has 0 N–H and O–H groups in total. The monoisotopic (exact) mass is 387 g/mol. The number of alkyl halides is 3. The van der Waals surface area contributed by atoms with Crippen molar-refractivity contribution < 1.29 is 4.79 Å². The molecule has 1 amide bonds. The van der Waals surface area contributed by atoms with E-state index < -0.39 is 9.21 Å². The number of rotatable bonds is 6. The number of carbonyl (C=O) groups is 1. The van der Waals surface area contributed by atoms with Crippen LogP contribution in [0, 0.1) is 5.92 Å². The minimum absolute atomic E-state index is 0.256. The highest BCUT2D eigenvalue weighted by Crippen LogP contribution is 2.49. The van der Waals surface area contributed by atoms with Gasteiger partial charge in [0.2, 0.25) is 4.33 Å². The lowest BCUT2D eigenvalue weighted by atomic mass is 9.87. The Morgan fingerprint density at radius 2 is 1.96 bits per heavy atom.